The number of hydrogen-bond donors (Lipinski definition) is 2. The van der Waals surface area contributed by atoms with Gasteiger partial charge >= 0.3 is 0 Å². The van der Waals surface area contributed by atoms with E-state index in [0.717, 1.165) is 45.2 Å². The highest BCUT2D eigenvalue weighted by Crippen LogP contribution is 2.35. The predicted octanol–water partition coefficient (Wildman–Crippen LogP) is 1.51. The molecule has 0 aromatic rings. The highest BCUT2D eigenvalue weighted by Gasteiger charge is 2.42. The van der Waals surface area contributed by atoms with Crippen LogP contribution in [0.15, 0.2) is 4.99 Å². The minimum Gasteiger partial charge on any atom is -0.379 e. The standard InChI is InChI=1S/C19H34N4O2/c1-20-18(22-16-13-15-5-6-17(16)25-15)21-14-19(7-3-2-4-8-19)23-9-11-24-12-10-23/h15-17H,2-14H2,1H3,(H2,20,21,22). The Labute approximate surface area is 151 Å². The zero-order chi connectivity index (χ0) is 17.1. The molecule has 4 rings (SSSR count). The van der Waals surface area contributed by atoms with Crippen LogP contribution in [0.5, 0.6) is 0 Å². The van der Waals surface area contributed by atoms with Gasteiger partial charge in [-0.1, -0.05) is 19.3 Å². The summed E-state index contributed by atoms with van der Waals surface area (Å²) >= 11 is 0. The van der Waals surface area contributed by atoms with Gasteiger partial charge in [-0.15, -0.1) is 0 Å². The number of nitrogens with one attached hydrogen (secondary N) is 2. The summed E-state index contributed by atoms with van der Waals surface area (Å²) < 4.78 is 11.6. The molecule has 1 aliphatic carbocycles. The lowest BCUT2D eigenvalue weighted by molar-refractivity contribution is -0.0353. The molecule has 3 atom stereocenters. The van der Waals surface area contributed by atoms with Gasteiger partial charge in [0.05, 0.1) is 31.5 Å². The highest BCUT2D eigenvalue weighted by molar-refractivity contribution is 5.80. The lowest BCUT2D eigenvalue weighted by atomic mass is 9.79. The molecule has 6 nitrogen and oxygen atoms in total. The second kappa shape index (κ2) is 7.80. The third-order valence-electron chi connectivity index (χ3n) is 6.70. The fourth-order valence-corrected chi connectivity index (χ4v) is 5.26. The van der Waals surface area contributed by atoms with Crippen molar-refractivity contribution in [2.75, 3.05) is 39.9 Å². The number of nitrogens with zero attached hydrogens (tertiary/aromatic N) is 2. The van der Waals surface area contributed by atoms with Crippen LogP contribution in [0.25, 0.3) is 0 Å². The number of hydrogen-bond acceptors (Lipinski definition) is 4. The normalized spacial score (nSPS) is 35.7. The first-order chi connectivity index (χ1) is 12.3. The lowest BCUT2D eigenvalue weighted by Gasteiger charge is -2.48. The van der Waals surface area contributed by atoms with E-state index in [1.807, 2.05) is 7.05 Å². The molecular formula is C19H34N4O2. The summed E-state index contributed by atoms with van der Waals surface area (Å²) in [7, 11) is 1.88. The van der Waals surface area contributed by atoms with E-state index >= 15 is 0 Å². The maximum Gasteiger partial charge on any atom is 0.191 e. The first-order valence-electron chi connectivity index (χ1n) is 10.2. The Hall–Kier alpha value is -0.850. The fraction of sp³-hybridized carbons (Fsp3) is 0.947. The summed E-state index contributed by atoms with van der Waals surface area (Å²) in [6.45, 7) is 4.85. The summed E-state index contributed by atoms with van der Waals surface area (Å²) in [5, 5.41) is 7.29. The van der Waals surface area contributed by atoms with E-state index in [1.165, 1.54) is 44.9 Å². The second-order valence-corrected chi connectivity index (χ2v) is 8.17. The summed E-state index contributed by atoms with van der Waals surface area (Å²) in [5.74, 6) is 0.944. The van der Waals surface area contributed by atoms with E-state index in [4.69, 9.17) is 9.47 Å². The van der Waals surface area contributed by atoms with Crippen LogP contribution in [0.2, 0.25) is 0 Å². The summed E-state index contributed by atoms with van der Waals surface area (Å²) in [4.78, 5) is 7.17. The molecule has 0 spiro atoms. The number of rotatable bonds is 4. The van der Waals surface area contributed by atoms with Crippen LogP contribution in [0.3, 0.4) is 0 Å². The van der Waals surface area contributed by atoms with Crippen LogP contribution >= 0.6 is 0 Å². The van der Waals surface area contributed by atoms with Gasteiger partial charge in [0, 0.05) is 32.2 Å². The Morgan fingerprint density at radius 3 is 2.60 bits per heavy atom. The molecule has 1 saturated carbocycles. The van der Waals surface area contributed by atoms with E-state index in [0.29, 0.717) is 18.2 Å². The average molecular weight is 351 g/mol. The molecule has 142 valence electrons. The molecule has 3 heterocycles. The van der Waals surface area contributed by atoms with Gasteiger partial charge in [0.15, 0.2) is 5.96 Å². The van der Waals surface area contributed by atoms with Crippen molar-refractivity contribution in [2.45, 2.75) is 75.2 Å². The number of guanidine groups is 1. The average Bonchev–Trinajstić information content (AvgIpc) is 3.29. The molecule has 6 heteroatoms. The smallest absolute Gasteiger partial charge is 0.191 e. The van der Waals surface area contributed by atoms with Gasteiger partial charge < -0.3 is 20.1 Å². The van der Waals surface area contributed by atoms with Crippen LogP contribution in [0, 0.1) is 0 Å². The topological polar surface area (TPSA) is 58.1 Å². The van der Waals surface area contributed by atoms with Crippen LogP contribution < -0.4 is 10.6 Å². The summed E-state index contributed by atoms with van der Waals surface area (Å²) in [6, 6.07) is 0.427. The maximum absolute atomic E-state index is 5.97. The van der Waals surface area contributed by atoms with Gasteiger partial charge in [-0.25, -0.2) is 0 Å². The third kappa shape index (κ3) is 3.81. The number of ether oxygens (including phenoxy) is 2. The minimum atomic E-state index is 0.269. The van der Waals surface area contributed by atoms with Crippen LogP contribution in [-0.2, 0) is 9.47 Å². The molecule has 4 fully saturated rings. The van der Waals surface area contributed by atoms with Crippen molar-refractivity contribution in [3.63, 3.8) is 0 Å². The van der Waals surface area contributed by atoms with Gasteiger partial charge in [-0.3, -0.25) is 9.89 Å². The van der Waals surface area contributed by atoms with E-state index in [2.05, 4.69) is 20.5 Å². The Balaban J connectivity index is 1.36. The Bertz CT molecular complexity index is 472. The van der Waals surface area contributed by atoms with E-state index in [-0.39, 0.29) is 5.54 Å². The number of aliphatic imine (C=N–C) groups is 1. The maximum atomic E-state index is 5.97. The molecule has 2 N–H and O–H groups in total. The van der Waals surface area contributed by atoms with Crippen LogP contribution in [0.1, 0.15) is 51.4 Å². The van der Waals surface area contributed by atoms with Gasteiger partial charge in [0.2, 0.25) is 0 Å². The molecule has 3 unspecified atom stereocenters. The zero-order valence-electron chi connectivity index (χ0n) is 15.6. The van der Waals surface area contributed by atoms with Crippen molar-refractivity contribution in [1.82, 2.24) is 15.5 Å². The van der Waals surface area contributed by atoms with Gasteiger partial charge in [0.25, 0.3) is 0 Å². The van der Waals surface area contributed by atoms with Crippen molar-refractivity contribution in [1.29, 1.82) is 0 Å². The molecule has 2 bridgehead atoms. The van der Waals surface area contributed by atoms with Crippen LogP contribution in [0.4, 0.5) is 0 Å². The SMILES string of the molecule is CN=C(NCC1(N2CCOCC2)CCCCC1)NC1CC2CCC1O2. The van der Waals surface area contributed by atoms with E-state index in [9.17, 15) is 0 Å². The molecule has 0 amide bonds. The molecule has 0 radical (unpaired) electrons. The Morgan fingerprint density at radius 1 is 1.16 bits per heavy atom. The minimum absolute atomic E-state index is 0.269. The first-order valence-corrected chi connectivity index (χ1v) is 10.2. The van der Waals surface area contributed by atoms with Gasteiger partial charge in [-0.05, 0) is 32.1 Å². The molecular weight excluding hydrogens is 316 g/mol. The highest BCUT2D eigenvalue weighted by atomic mass is 16.5. The molecule has 4 aliphatic rings. The van der Waals surface area contributed by atoms with Crippen LogP contribution in [-0.4, -0.2) is 74.5 Å². The fourth-order valence-electron chi connectivity index (χ4n) is 5.26. The predicted molar refractivity (Wildman–Crippen MR) is 99.0 cm³/mol. The summed E-state index contributed by atoms with van der Waals surface area (Å²) in [5.41, 5.74) is 0.269. The molecule has 3 aliphatic heterocycles. The molecule has 0 aromatic heterocycles. The molecule has 3 saturated heterocycles. The Kier molecular flexibility index (Phi) is 5.48. The summed E-state index contributed by atoms with van der Waals surface area (Å²) in [6.07, 6.45) is 11.0. The monoisotopic (exact) mass is 350 g/mol. The van der Waals surface area contributed by atoms with Gasteiger partial charge in [-0.2, -0.15) is 0 Å². The second-order valence-electron chi connectivity index (χ2n) is 8.17. The third-order valence-corrected chi connectivity index (χ3v) is 6.70. The molecule has 0 aromatic carbocycles. The zero-order valence-corrected chi connectivity index (χ0v) is 15.6. The Morgan fingerprint density at radius 2 is 1.96 bits per heavy atom. The lowest BCUT2D eigenvalue weighted by Crippen LogP contribution is -2.61. The van der Waals surface area contributed by atoms with E-state index in [1.54, 1.807) is 0 Å². The van der Waals surface area contributed by atoms with Crippen molar-refractivity contribution in [3.05, 3.63) is 0 Å². The van der Waals surface area contributed by atoms with Gasteiger partial charge in [0.1, 0.15) is 0 Å². The van der Waals surface area contributed by atoms with Crippen molar-refractivity contribution < 1.29 is 9.47 Å². The van der Waals surface area contributed by atoms with Crippen molar-refractivity contribution >= 4 is 5.96 Å². The first kappa shape index (κ1) is 17.6. The van der Waals surface area contributed by atoms with Crippen molar-refractivity contribution in [2.24, 2.45) is 4.99 Å². The number of fused-ring (bicyclic) bond motifs is 2. The molecule has 25 heavy (non-hydrogen) atoms. The largest absolute Gasteiger partial charge is 0.379 e. The quantitative estimate of drug-likeness (QED) is 0.594. The van der Waals surface area contributed by atoms with Crippen molar-refractivity contribution in [3.8, 4) is 0 Å². The van der Waals surface area contributed by atoms with E-state index < -0.39 is 0 Å². The number of morpholine rings is 1.